The molecule has 1 fully saturated rings. The second-order valence-electron chi connectivity index (χ2n) is 6.23. The Bertz CT molecular complexity index is 801. The van der Waals surface area contributed by atoms with Gasteiger partial charge >= 0.3 is 0 Å². The largest absolute Gasteiger partial charge is 0.474 e. The highest BCUT2D eigenvalue weighted by Gasteiger charge is 2.30. The molecule has 2 rings (SSSR count). The molecule has 1 aliphatic heterocycles. The van der Waals surface area contributed by atoms with Crippen LogP contribution >= 0.6 is 0 Å². The van der Waals surface area contributed by atoms with Crippen LogP contribution in [0.25, 0.3) is 0 Å². The standard InChI is InChI=1S/C15H26N4O5S2/c1-5-25(20,21)18(4)13-6-7-15(16-12-13)24-14-8-10-19(11-9-14)26(22,23)17(2)3/h6-7,12,14H,5,8-11H2,1-4H3. The first kappa shape index (κ1) is 20.9. The van der Waals surface area contributed by atoms with Crippen LogP contribution in [0.5, 0.6) is 5.88 Å². The number of sulfonamides is 1. The molecule has 1 saturated heterocycles. The summed E-state index contributed by atoms with van der Waals surface area (Å²) in [5.74, 6) is 0.404. The summed E-state index contributed by atoms with van der Waals surface area (Å²) in [7, 11) is -2.22. The Morgan fingerprint density at radius 2 is 1.77 bits per heavy atom. The molecular formula is C15H26N4O5S2. The minimum atomic E-state index is -3.39. The van der Waals surface area contributed by atoms with E-state index >= 15 is 0 Å². The summed E-state index contributed by atoms with van der Waals surface area (Å²) in [5, 5.41) is 0. The lowest BCUT2D eigenvalue weighted by molar-refractivity contribution is 0.128. The van der Waals surface area contributed by atoms with Crippen molar-refractivity contribution >= 4 is 25.9 Å². The molecule has 0 aromatic carbocycles. The van der Waals surface area contributed by atoms with Gasteiger partial charge in [0.1, 0.15) is 6.10 Å². The highest BCUT2D eigenvalue weighted by atomic mass is 32.2. The van der Waals surface area contributed by atoms with E-state index in [0.29, 0.717) is 37.5 Å². The van der Waals surface area contributed by atoms with Crippen molar-refractivity contribution < 1.29 is 21.6 Å². The third kappa shape index (κ3) is 4.64. The summed E-state index contributed by atoms with van der Waals surface area (Å²) in [6.07, 6.45) is 2.47. The van der Waals surface area contributed by atoms with Gasteiger partial charge in [-0.2, -0.15) is 17.0 Å². The molecule has 0 bridgehead atoms. The topological polar surface area (TPSA) is 100 Å². The van der Waals surface area contributed by atoms with Gasteiger partial charge < -0.3 is 4.74 Å². The molecule has 2 heterocycles. The van der Waals surface area contributed by atoms with E-state index in [-0.39, 0.29) is 11.9 Å². The molecule has 0 unspecified atom stereocenters. The Morgan fingerprint density at radius 1 is 1.15 bits per heavy atom. The first-order valence-electron chi connectivity index (χ1n) is 8.35. The zero-order valence-corrected chi connectivity index (χ0v) is 17.1. The average molecular weight is 407 g/mol. The predicted molar refractivity (Wildman–Crippen MR) is 99.9 cm³/mol. The van der Waals surface area contributed by atoms with Crippen LogP contribution in [-0.2, 0) is 20.2 Å². The maximum Gasteiger partial charge on any atom is 0.281 e. The molecule has 1 aromatic heterocycles. The normalized spacial score (nSPS) is 17.4. The molecule has 1 aromatic rings. The second-order valence-corrected chi connectivity index (χ2v) is 10.7. The van der Waals surface area contributed by atoms with E-state index in [0.717, 1.165) is 0 Å². The average Bonchev–Trinajstić information content (AvgIpc) is 2.62. The lowest BCUT2D eigenvalue weighted by Crippen LogP contribution is -2.46. The van der Waals surface area contributed by atoms with Crippen LogP contribution in [0.15, 0.2) is 18.3 Å². The summed E-state index contributed by atoms with van der Waals surface area (Å²) in [6.45, 7) is 2.36. The molecule has 11 heteroatoms. The Hall–Kier alpha value is -1.43. The van der Waals surface area contributed by atoms with Crippen molar-refractivity contribution in [2.75, 3.05) is 44.3 Å². The predicted octanol–water partition coefficient (Wildman–Crippen LogP) is 0.517. The van der Waals surface area contributed by atoms with Crippen LogP contribution in [0.2, 0.25) is 0 Å². The van der Waals surface area contributed by atoms with Crippen molar-refractivity contribution in [2.24, 2.45) is 0 Å². The van der Waals surface area contributed by atoms with Crippen molar-refractivity contribution in [1.29, 1.82) is 0 Å². The van der Waals surface area contributed by atoms with Gasteiger partial charge in [0, 0.05) is 40.3 Å². The lowest BCUT2D eigenvalue weighted by atomic mass is 10.1. The molecule has 9 nitrogen and oxygen atoms in total. The number of nitrogens with zero attached hydrogens (tertiary/aromatic N) is 4. The summed E-state index contributed by atoms with van der Waals surface area (Å²) in [4.78, 5) is 4.17. The van der Waals surface area contributed by atoms with Crippen LogP contribution in [0.4, 0.5) is 5.69 Å². The molecule has 0 aliphatic carbocycles. The van der Waals surface area contributed by atoms with Crippen molar-refractivity contribution in [2.45, 2.75) is 25.9 Å². The monoisotopic (exact) mass is 406 g/mol. The van der Waals surface area contributed by atoms with Gasteiger partial charge in [-0.05, 0) is 25.8 Å². The van der Waals surface area contributed by atoms with Crippen LogP contribution < -0.4 is 9.04 Å². The van der Waals surface area contributed by atoms with Gasteiger partial charge in [-0.3, -0.25) is 4.31 Å². The van der Waals surface area contributed by atoms with E-state index in [9.17, 15) is 16.8 Å². The first-order valence-corrected chi connectivity index (χ1v) is 11.4. The number of pyridine rings is 1. The van der Waals surface area contributed by atoms with E-state index in [1.54, 1.807) is 19.1 Å². The Kier molecular flexibility index (Phi) is 6.48. The van der Waals surface area contributed by atoms with E-state index in [1.165, 1.54) is 40.3 Å². The van der Waals surface area contributed by atoms with Crippen LogP contribution in [0.1, 0.15) is 19.8 Å². The second kappa shape index (κ2) is 8.07. The number of rotatable bonds is 7. The van der Waals surface area contributed by atoms with E-state index < -0.39 is 20.2 Å². The Balaban J connectivity index is 1.95. The van der Waals surface area contributed by atoms with Gasteiger partial charge in [0.15, 0.2) is 0 Å². The van der Waals surface area contributed by atoms with E-state index in [1.807, 2.05) is 0 Å². The maximum absolute atomic E-state index is 12.1. The SMILES string of the molecule is CCS(=O)(=O)N(C)c1ccc(OC2CCN(S(=O)(=O)N(C)C)CC2)nc1. The van der Waals surface area contributed by atoms with Crippen molar-refractivity contribution in [3.8, 4) is 5.88 Å². The molecule has 1 aliphatic rings. The molecule has 0 amide bonds. The van der Waals surface area contributed by atoms with Crippen molar-refractivity contribution in [1.82, 2.24) is 13.6 Å². The highest BCUT2D eigenvalue weighted by Crippen LogP contribution is 2.22. The fourth-order valence-corrected chi connectivity index (χ4v) is 4.52. The third-order valence-electron chi connectivity index (χ3n) is 4.34. The van der Waals surface area contributed by atoms with Crippen LogP contribution in [0.3, 0.4) is 0 Å². The van der Waals surface area contributed by atoms with Crippen molar-refractivity contribution in [3.63, 3.8) is 0 Å². The summed E-state index contributed by atoms with van der Waals surface area (Å²) in [5.41, 5.74) is 0.464. The fraction of sp³-hybridized carbons (Fsp3) is 0.667. The minimum absolute atomic E-state index is 0.0101. The third-order valence-corrected chi connectivity index (χ3v) is 8.06. The highest BCUT2D eigenvalue weighted by molar-refractivity contribution is 7.92. The van der Waals surface area contributed by atoms with Gasteiger partial charge in [0.25, 0.3) is 10.2 Å². The lowest BCUT2D eigenvalue weighted by Gasteiger charge is -2.32. The van der Waals surface area contributed by atoms with Gasteiger partial charge in [-0.1, -0.05) is 0 Å². The summed E-state index contributed by atoms with van der Waals surface area (Å²) < 4.78 is 57.6. The molecular weight excluding hydrogens is 380 g/mol. The molecule has 0 radical (unpaired) electrons. The number of ether oxygens (including phenoxy) is 1. The molecule has 26 heavy (non-hydrogen) atoms. The van der Waals surface area contributed by atoms with Gasteiger partial charge in [-0.25, -0.2) is 13.4 Å². The number of piperidine rings is 1. The van der Waals surface area contributed by atoms with Gasteiger partial charge in [0.2, 0.25) is 15.9 Å². The van der Waals surface area contributed by atoms with Crippen molar-refractivity contribution in [3.05, 3.63) is 18.3 Å². The van der Waals surface area contributed by atoms with Crippen LogP contribution in [0, 0.1) is 0 Å². The Morgan fingerprint density at radius 3 is 2.23 bits per heavy atom. The van der Waals surface area contributed by atoms with E-state index in [2.05, 4.69) is 4.98 Å². The first-order chi connectivity index (χ1) is 12.1. The number of anilines is 1. The Labute approximate surface area is 155 Å². The molecule has 0 saturated carbocycles. The number of hydrogen-bond acceptors (Lipinski definition) is 6. The van der Waals surface area contributed by atoms with Gasteiger partial charge in [0.05, 0.1) is 17.6 Å². The summed E-state index contributed by atoms with van der Waals surface area (Å²) in [6, 6.07) is 3.27. The van der Waals surface area contributed by atoms with Crippen LogP contribution in [-0.4, -0.2) is 76.5 Å². The zero-order valence-electron chi connectivity index (χ0n) is 15.5. The smallest absolute Gasteiger partial charge is 0.281 e. The van der Waals surface area contributed by atoms with Gasteiger partial charge in [-0.15, -0.1) is 0 Å². The number of aromatic nitrogens is 1. The van der Waals surface area contributed by atoms with E-state index in [4.69, 9.17) is 4.74 Å². The number of hydrogen-bond donors (Lipinski definition) is 0. The molecule has 148 valence electrons. The molecule has 0 N–H and O–H groups in total. The zero-order chi connectivity index (χ0) is 19.5. The fourth-order valence-electron chi connectivity index (χ4n) is 2.57. The quantitative estimate of drug-likeness (QED) is 0.654. The molecule has 0 atom stereocenters. The minimum Gasteiger partial charge on any atom is -0.474 e. The summed E-state index contributed by atoms with van der Waals surface area (Å²) >= 11 is 0. The maximum atomic E-state index is 12.1. The molecule has 0 spiro atoms.